The molecule has 264 valence electrons. The van der Waals surface area contributed by atoms with Gasteiger partial charge in [0.2, 0.25) is 0 Å². The van der Waals surface area contributed by atoms with Gasteiger partial charge in [0.25, 0.3) is 0 Å². The molecule has 0 saturated heterocycles. The lowest BCUT2D eigenvalue weighted by atomic mass is 10.1. The van der Waals surface area contributed by atoms with E-state index in [1.165, 1.54) is 57.8 Å². The SMILES string of the molecule is CCCC/C=C\CCCCCCCC(=O)OC[C@H](COP(=O)(O)OC)OC(=O)CCCCCCC/C=C/CCCCCCCC. The first-order chi connectivity index (χ1) is 21.8. The van der Waals surface area contributed by atoms with Crippen molar-refractivity contribution in [1.82, 2.24) is 0 Å². The first-order valence-corrected chi connectivity index (χ1v) is 19.5. The molecule has 0 aliphatic carbocycles. The third kappa shape index (κ3) is 32.3. The van der Waals surface area contributed by atoms with Gasteiger partial charge in [-0.1, -0.05) is 122 Å². The van der Waals surface area contributed by atoms with E-state index >= 15 is 0 Å². The molecule has 0 amide bonds. The number of carbonyl (C=O) groups is 2. The molecule has 1 N–H and O–H groups in total. The van der Waals surface area contributed by atoms with E-state index in [2.05, 4.69) is 42.7 Å². The number of phosphoric acid groups is 1. The summed E-state index contributed by atoms with van der Waals surface area (Å²) in [6.07, 6.45) is 33.7. The topological polar surface area (TPSA) is 108 Å². The zero-order chi connectivity index (χ0) is 33.3. The molecule has 0 aromatic carbocycles. The lowest BCUT2D eigenvalue weighted by Gasteiger charge is -2.19. The van der Waals surface area contributed by atoms with Gasteiger partial charge in [-0.25, -0.2) is 4.57 Å². The van der Waals surface area contributed by atoms with Crippen LogP contribution in [0.2, 0.25) is 0 Å². The molecule has 45 heavy (non-hydrogen) atoms. The summed E-state index contributed by atoms with van der Waals surface area (Å²) in [6, 6.07) is 0. The predicted molar refractivity (Wildman–Crippen MR) is 184 cm³/mol. The molecule has 0 heterocycles. The van der Waals surface area contributed by atoms with Crippen LogP contribution in [-0.4, -0.2) is 43.3 Å². The van der Waals surface area contributed by atoms with Gasteiger partial charge in [-0.3, -0.25) is 18.6 Å². The predicted octanol–water partition coefficient (Wildman–Crippen LogP) is 10.7. The summed E-state index contributed by atoms with van der Waals surface area (Å²) >= 11 is 0. The van der Waals surface area contributed by atoms with Crippen LogP contribution >= 0.6 is 7.82 Å². The van der Waals surface area contributed by atoms with Gasteiger partial charge >= 0.3 is 19.8 Å². The van der Waals surface area contributed by atoms with E-state index in [9.17, 15) is 19.0 Å². The highest BCUT2D eigenvalue weighted by molar-refractivity contribution is 7.47. The molecule has 0 fully saturated rings. The Labute approximate surface area is 275 Å². The van der Waals surface area contributed by atoms with E-state index in [1.807, 2.05) is 0 Å². The number of phosphoric ester groups is 1. The highest BCUT2D eigenvalue weighted by atomic mass is 31.2. The lowest BCUT2D eigenvalue weighted by molar-refractivity contribution is -0.161. The molecule has 2 atom stereocenters. The van der Waals surface area contributed by atoms with Crippen LogP contribution in [0, 0.1) is 0 Å². The molecule has 0 saturated carbocycles. The molecule has 0 aromatic heterocycles. The van der Waals surface area contributed by atoms with Gasteiger partial charge in [-0.2, -0.15) is 0 Å². The molecule has 0 bridgehead atoms. The average Bonchev–Trinajstić information content (AvgIpc) is 3.03. The van der Waals surface area contributed by atoms with Gasteiger partial charge in [0.1, 0.15) is 6.61 Å². The summed E-state index contributed by atoms with van der Waals surface area (Å²) in [6.45, 7) is 3.81. The Bertz CT molecular complexity index is 798. The molecule has 0 rings (SSSR count). The van der Waals surface area contributed by atoms with Crippen LogP contribution in [-0.2, 0) is 32.7 Å². The molecule has 0 aliphatic rings. The van der Waals surface area contributed by atoms with Crippen molar-refractivity contribution >= 4 is 19.8 Å². The largest absolute Gasteiger partial charge is 0.472 e. The van der Waals surface area contributed by atoms with Crippen LogP contribution in [0.5, 0.6) is 0 Å². The Kier molecular flexibility index (Phi) is 31.4. The molecular weight excluding hydrogens is 591 g/mol. The van der Waals surface area contributed by atoms with E-state index in [0.717, 1.165) is 84.2 Å². The fourth-order valence-electron chi connectivity index (χ4n) is 4.81. The van der Waals surface area contributed by atoms with E-state index in [0.29, 0.717) is 6.42 Å². The summed E-state index contributed by atoms with van der Waals surface area (Å²) in [5, 5.41) is 0. The van der Waals surface area contributed by atoms with Gasteiger partial charge in [-0.05, 0) is 57.8 Å². The number of hydrogen-bond donors (Lipinski definition) is 1. The first-order valence-electron chi connectivity index (χ1n) is 18.0. The molecule has 8 nitrogen and oxygen atoms in total. The first kappa shape index (κ1) is 43.5. The van der Waals surface area contributed by atoms with E-state index < -0.39 is 26.5 Å². The summed E-state index contributed by atoms with van der Waals surface area (Å²) in [5.41, 5.74) is 0. The van der Waals surface area contributed by atoms with Crippen LogP contribution < -0.4 is 0 Å². The van der Waals surface area contributed by atoms with Crippen molar-refractivity contribution in [3.63, 3.8) is 0 Å². The molecule has 0 aliphatic heterocycles. The van der Waals surface area contributed by atoms with Crippen molar-refractivity contribution < 1.29 is 37.6 Å². The van der Waals surface area contributed by atoms with Crippen molar-refractivity contribution in [2.75, 3.05) is 20.3 Å². The van der Waals surface area contributed by atoms with Gasteiger partial charge in [0.05, 0.1) is 6.61 Å². The monoisotopic (exact) mass is 658 g/mol. The summed E-state index contributed by atoms with van der Waals surface area (Å²) in [4.78, 5) is 34.2. The number of allylic oxidation sites excluding steroid dienone is 4. The number of rotatable bonds is 33. The highest BCUT2D eigenvalue weighted by Gasteiger charge is 2.24. The quantitative estimate of drug-likeness (QED) is 0.0321. The number of esters is 2. The number of carbonyl (C=O) groups excluding carboxylic acids is 2. The number of ether oxygens (including phenoxy) is 2. The molecule has 0 radical (unpaired) electrons. The minimum absolute atomic E-state index is 0.231. The lowest BCUT2D eigenvalue weighted by Crippen LogP contribution is -2.29. The highest BCUT2D eigenvalue weighted by Crippen LogP contribution is 2.42. The van der Waals surface area contributed by atoms with Gasteiger partial charge in [0.15, 0.2) is 6.10 Å². The third-order valence-electron chi connectivity index (χ3n) is 7.67. The number of unbranched alkanes of at least 4 members (excludes halogenated alkanes) is 18. The fourth-order valence-corrected chi connectivity index (χ4v) is 5.27. The van der Waals surface area contributed by atoms with E-state index in [4.69, 9.17) is 14.0 Å². The second kappa shape index (κ2) is 32.5. The fraction of sp³-hybridized carbons (Fsp3) is 0.833. The standard InChI is InChI=1S/C36H67O8P/c1-4-6-8-10-12-14-16-17-18-19-21-23-25-27-29-31-36(38)44-34(33-43-45(39,40)41-3)32-42-35(37)30-28-26-24-22-20-15-13-11-9-7-5-2/h11,13,17-18,34H,4-10,12,14-16,19-33H2,1-3H3,(H,39,40)/b13-11-,18-17+/t34-/m1/s1. The van der Waals surface area contributed by atoms with Gasteiger partial charge in [0, 0.05) is 20.0 Å². The number of hydrogen-bond acceptors (Lipinski definition) is 7. The maximum Gasteiger partial charge on any atom is 0.472 e. The maximum atomic E-state index is 12.4. The van der Waals surface area contributed by atoms with Crippen molar-refractivity contribution in [2.24, 2.45) is 0 Å². The molecule has 9 heteroatoms. The van der Waals surface area contributed by atoms with Crippen LogP contribution in [0.25, 0.3) is 0 Å². The minimum atomic E-state index is -4.25. The van der Waals surface area contributed by atoms with Crippen molar-refractivity contribution in [3.05, 3.63) is 24.3 Å². The summed E-state index contributed by atoms with van der Waals surface area (Å²) in [5.74, 6) is -0.825. The van der Waals surface area contributed by atoms with Crippen molar-refractivity contribution in [3.8, 4) is 0 Å². The summed E-state index contributed by atoms with van der Waals surface area (Å²) in [7, 11) is -3.20. The average molecular weight is 659 g/mol. The van der Waals surface area contributed by atoms with Crippen LogP contribution in [0.1, 0.15) is 168 Å². The Morgan fingerprint density at radius 3 is 1.51 bits per heavy atom. The molecule has 0 aromatic rings. The van der Waals surface area contributed by atoms with Gasteiger partial charge < -0.3 is 14.4 Å². The Balaban J connectivity index is 4.10. The van der Waals surface area contributed by atoms with E-state index in [-0.39, 0.29) is 25.4 Å². The smallest absolute Gasteiger partial charge is 0.462 e. The third-order valence-corrected chi connectivity index (χ3v) is 8.60. The van der Waals surface area contributed by atoms with Crippen molar-refractivity contribution in [2.45, 2.75) is 174 Å². The van der Waals surface area contributed by atoms with Crippen LogP contribution in [0.3, 0.4) is 0 Å². The molecule has 0 spiro atoms. The van der Waals surface area contributed by atoms with Gasteiger partial charge in [-0.15, -0.1) is 0 Å². The second-order valence-corrected chi connectivity index (χ2v) is 13.6. The zero-order valence-electron chi connectivity index (χ0n) is 29.0. The second-order valence-electron chi connectivity index (χ2n) is 12.0. The Hall–Kier alpha value is -1.47. The summed E-state index contributed by atoms with van der Waals surface area (Å²) < 4.78 is 31.8. The van der Waals surface area contributed by atoms with E-state index in [1.54, 1.807) is 0 Å². The minimum Gasteiger partial charge on any atom is -0.462 e. The Morgan fingerprint density at radius 1 is 0.600 bits per heavy atom. The Morgan fingerprint density at radius 2 is 1.02 bits per heavy atom. The van der Waals surface area contributed by atoms with Crippen molar-refractivity contribution in [1.29, 1.82) is 0 Å². The zero-order valence-corrected chi connectivity index (χ0v) is 29.9. The van der Waals surface area contributed by atoms with Crippen LogP contribution in [0.4, 0.5) is 0 Å². The maximum absolute atomic E-state index is 12.4. The molecular formula is C36H67O8P. The van der Waals surface area contributed by atoms with Crippen LogP contribution in [0.15, 0.2) is 24.3 Å². The molecule has 1 unspecified atom stereocenters. The normalized spacial score (nSPS) is 13.8.